The summed E-state index contributed by atoms with van der Waals surface area (Å²) in [5.74, 6) is -0.301. The molecule has 0 saturated heterocycles. The molecule has 0 aromatic heterocycles. The molecule has 0 fully saturated rings. The number of nitro groups is 1. The van der Waals surface area contributed by atoms with Crippen LogP contribution in [-0.4, -0.2) is 27.3 Å². The SMILES string of the molecule is CSC1=NN2C(=c3ccccc3=NC2c2ccc(Cl)c([N+](=O)[O-])c2)C(=O)N1. The Balaban J connectivity index is 1.97. The molecule has 10 heteroatoms. The number of fused-ring (bicyclic) bond motifs is 2. The van der Waals surface area contributed by atoms with Crippen LogP contribution in [0, 0.1) is 10.1 Å². The van der Waals surface area contributed by atoms with E-state index >= 15 is 0 Å². The van der Waals surface area contributed by atoms with Crippen LogP contribution < -0.4 is 15.9 Å². The minimum atomic E-state index is -0.723. The van der Waals surface area contributed by atoms with Gasteiger partial charge < -0.3 is 0 Å². The van der Waals surface area contributed by atoms with E-state index in [1.54, 1.807) is 24.5 Å². The molecule has 27 heavy (non-hydrogen) atoms. The fourth-order valence-electron chi connectivity index (χ4n) is 2.97. The van der Waals surface area contributed by atoms with E-state index in [-0.39, 0.29) is 16.6 Å². The van der Waals surface area contributed by atoms with Gasteiger partial charge in [0.25, 0.3) is 11.6 Å². The fraction of sp³-hybridized carbons (Fsp3) is 0.118. The Labute approximate surface area is 162 Å². The van der Waals surface area contributed by atoms with Crippen LogP contribution in [0.15, 0.2) is 52.6 Å². The van der Waals surface area contributed by atoms with Gasteiger partial charge >= 0.3 is 0 Å². The number of rotatable bonds is 2. The molecule has 0 spiro atoms. The molecule has 0 bridgehead atoms. The predicted molar refractivity (Wildman–Crippen MR) is 102 cm³/mol. The molecule has 8 nitrogen and oxygen atoms in total. The fourth-order valence-corrected chi connectivity index (χ4v) is 3.52. The molecular formula is C17H12ClN5O3S. The Bertz CT molecular complexity index is 1130. The Morgan fingerprint density at radius 3 is 2.81 bits per heavy atom. The molecule has 1 unspecified atom stereocenters. The van der Waals surface area contributed by atoms with E-state index < -0.39 is 11.1 Å². The second-order valence-corrected chi connectivity index (χ2v) is 6.95. The molecule has 136 valence electrons. The summed E-state index contributed by atoms with van der Waals surface area (Å²) in [7, 11) is 0. The van der Waals surface area contributed by atoms with Crippen LogP contribution in [-0.2, 0) is 4.79 Å². The second-order valence-electron chi connectivity index (χ2n) is 5.74. The molecule has 0 radical (unpaired) electrons. The zero-order valence-electron chi connectivity index (χ0n) is 13.9. The maximum atomic E-state index is 12.7. The monoisotopic (exact) mass is 401 g/mol. The van der Waals surface area contributed by atoms with Gasteiger partial charge in [-0.05, 0) is 18.4 Å². The van der Waals surface area contributed by atoms with E-state index in [0.717, 1.165) is 0 Å². The first kappa shape index (κ1) is 17.5. The van der Waals surface area contributed by atoms with Crippen molar-refractivity contribution in [1.29, 1.82) is 0 Å². The number of carbonyl (C=O) groups excluding carboxylic acids is 1. The number of benzene rings is 2. The second kappa shape index (κ2) is 6.67. The molecule has 0 saturated carbocycles. The predicted octanol–water partition coefficient (Wildman–Crippen LogP) is 1.75. The zero-order valence-corrected chi connectivity index (χ0v) is 15.5. The first-order valence-electron chi connectivity index (χ1n) is 7.84. The van der Waals surface area contributed by atoms with E-state index in [0.29, 0.717) is 27.0 Å². The molecule has 2 heterocycles. The van der Waals surface area contributed by atoms with E-state index in [1.807, 2.05) is 12.1 Å². The van der Waals surface area contributed by atoms with Gasteiger partial charge in [-0.25, -0.2) is 5.01 Å². The largest absolute Gasteiger partial charge is 0.298 e. The molecule has 1 N–H and O–H groups in total. The Kier molecular flexibility index (Phi) is 4.33. The molecule has 0 aliphatic carbocycles. The summed E-state index contributed by atoms with van der Waals surface area (Å²) in [5, 5.41) is 21.7. The standard InChI is InChI=1S/C17H12ClN5O3S/c1-27-17-20-16(24)14-10-4-2-3-5-12(10)19-15(22(14)21-17)9-6-7-11(18)13(8-9)23(25)26/h2-8,15H,1H3,(H,20,21,24). The molecular weight excluding hydrogens is 390 g/mol. The van der Waals surface area contributed by atoms with Crippen LogP contribution >= 0.6 is 23.4 Å². The molecule has 1 amide bonds. The summed E-state index contributed by atoms with van der Waals surface area (Å²) in [6.45, 7) is 0. The molecule has 2 aliphatic rings. The first-order chi connectivity index (χ1) is 13.0. The van der Waals surface area contributed by atoms with Gasteiger partial charge in [0.05, 0.1) is 10.3 Å². The summed E-state index contributed by atoms with van der Waals surface area (Å²) < 4.78 is 0. The van der Waals surface area contributed by atoms with Crippen molar-refractivity contribution >= 4 is 45.8 Å². The number of hydrogen-bond acceptors (Lipinski definition) is 7. The van der Waals surface area contributed by atoms with Gasteiger partial charge in [0.2, 0.25) is 0 Å². The third-order valence-corrected chi connectivity index (χ3v) is 5.06. The van der Waals surface area contributed by atoms with Crippen LogP contribution in [0.5, 0.6) is 0 Å². The summed E-state index contributed by atoms with van der Waals surface area (Å²) in [4.78, 5) is 28.1. The summed E-state index contributed by atoms with van der Waals surface area (Å²) >= 11 is 7.22. The van der Waals surface area contributed by atoms with Gasteiger partial charge in [0, 0.05) is 16.8 Å². The van der Waals surface area contributed by atoms with Gasteiger partial charge in [-0.15, -0.1) is 5.10 Å². The highest BCUT2D eigenvalue weighted by Gasteiger charge is 2.34. The van der Waals surface area contributed by atoms with Gasteiger partial charge in [-0.1, -0.05) is 47.6 Å². The lowest BCUT2D eigenvalue weighted by molar-refractivity contribution is -0.384. The van der Waals surface area contributed by atoms with Crippen molar-refractivity contribution in [3.8, 4) is 0 Å². The van der Waals surface area contributed by atoms with Crippen LogP contribution in [0.4, 0.5) is 5.69 Å². The van der Waals surface area contributed by atoms with E-state index in [9.17, 15) is 14.9 Å². The molecule has 1 atom stereocenters. The van der Waals surface area contributed by atoms with Crippen molar-refractivity contribution in [2.45, 2.75) is 6.17 Å². The number of hydrogen-bond donors (Lipinski definition) is 1. The topological polar surface area (TPSA) is 100 Å². The average Bonchev–Trinajstić information content (AvgIpc) is 2.67. The van der Waals surface area contributed by atoms with Crippen molar-refractivity contribution in [2.24, 2.45) is 10.1 Å². The van der Waals surface area contributed by atoms with Crippen molar-refractivity contribution in [1.82, 2.24) is 10.3 Å². The van der Waals surface area contributed by atoms with E-state index in [2.05, 4.69) is 15.4 Å². The molecule has 4 rings (SSSR count). The van der Waals surface area contributed by atoms with Crippen LogP contribution in [0.1, 0.15) is 11.7 Å². The zero-order chi connectivity index (χ0) is 19.1. The Morgan fingerprint density at radius 1 is 1.30 bits per heavy atom. The number of nitrogens with zero attached hydrogens (tertiary/aromatic N) is 4. The number of nitro benzene ring substituents is 1. The van der Waals surface area contributed by atoms with Crippen molar-refractivity contribution in [2.75, 3.05) is 6.26 Å². The lowest BCUT2D eigenvalue weighted by atomic mass is 10.1. The number of hydrazone groups is 1. The van der Waals surface area contributed by atoms with E-state index in [1.165, 1.54) is 28.9 Å². The number of halogens is 1. The van der Waals surface area contributed by atoms with Gasteiger partial charge in [-0.3, -0.25) is 25.2 Å². The third kappa shape index (κ3) is 2.94. The first-order valence-corrected chi connectivity index (χ1v) is 9.44. The van der Waals surface area contributed by atoms with Crippen LogP contribution in [0.3, 0.4) is 0 Å². The smallest absolute Gasteiger partial charge is 0.288 e. The van der Waals surface area contributed by atoms with Crippen molar-refractivity contribution in [3.05, 3.63) is 73.7 Å². The van der Waals surface area contributed by atoms with Gasteiger partial charge in [0.1, 0.15) is 10.7 Å². The number of thioether (sulfide) groups is 1. The highest BCUT2D eigenvalue weighted by molar-refractivity contribution is 8.13. The minimum absolute atomic E-state index is 0.0360. The maximum Gasteiger partial charge on any atom is 0.288 e. The Hall–Kier alpha value is -2.91. The van der Waals surface area contributed by atoms with Crippen molar-refractivity contribution in [3.63, 3.8) is 0 Å². The van der Waals surface area contributed by atoms with Crippen molar-refractivity contribution < 1.29 is 9.72 Å². The van der Waals surface area contributed by atoms with Crippen LogP contribution in [0.2, 0.25) is 5.02 Å². The number of carbonyl (C=O) groups is 1. The molecule has 2 aromatic rings. The highest BCUT2D eigenvalue weighted by Crippen LogP contribution is 2.34. The number of amidine groups is 1. The Morgan fingerprint density at radius 2 is 2.07 bits per heavy atom. The minimum Gasteiger partial charge on any atom is -0.298 e. The third-order valence-electron chi connectivity index (χ3n) is 4.17. The number of nitrogens with one attached hydrogen (secondary N) is 1. The normalized spacial score (nSPS) is 18.1. The number of amides is 1. The quantitative estimate of drug-likeness (QED) is 0.610. The molecule has 2 aliphatic heterocycles. The summed E-state index contributed by atoms with van der Waals surface area (Å²) in [6.07, 6.45) is 1.07. The van der Waals surface area contributed by atoms with Gasteiger partial charge in [0.15, 0.2) is 11.3 Å². The van der Waals surface area contributed by atoms with Crippen LogP contribution in [0.25, 0.3) is 5.70 Å². The summed E-state index contributed by atoms with van der Waals surface area (Å²) in [6, 6.07) is 11.7. The molecule has 2 aromatic carbocycles. The average molecular weight is 402 g/mol. The maximum absolute atomic E-state index is 12.7. The lowest BCUT2D eigenvalue weighted by Crippen LogP contribution is -2.50. The van der Waals surface area contributed by atoms with E-state index in [4.69, 9.17) is 11.6 Å². The van der Waals surface area contributed by atoms with Gasteiger partial charge in [-0.2, -0.15) is 0 Å². The lowest BCUT2D eigenvalue weighted by Gasteiger charge is -2.33. The summed E-state index contributed by atoms with van der Waals surface area (Å²) in [5.41, 5.74) is 0.637. The highest BCUT2D eigenvalue weighted by atomic mass is 35.5. The number of para-hydroxylation sites is 1.